The maximum atomic E-state index is 14.2. The molecule has 0 spiro atoms. The van der Waals surface area contributed by atoms with Crippen molar-refractivity contribution >= 4 is 46.1 Å². The summed E-state index contributed by atoms with van der Waals surface area (Å²) in [5.74, 6) is 0.722. The maximum Gasteiger partial charge on any atom is 0.306 e. The van der Waals surface area contributed by atoms with Gasteiger partial charge in [0.25, 0.3) is 0 Å². The van der Waals surface area contributed by atoms with Gasteiger partial charge in [-0.25, -0.2) is 4.98 Å². The molecule has 2 saturated heterocycles. The minimum absolute atomic E-state index is 0.00105. The fraction of sp³-hybridized carbons (Fsp3) is 0.527. The van der Waals surface area contributed by atoms with E-state index < -0.39 is 11.8 Å². The fourth-order valence-corrected chi connectivity index (χ4v) is 12.2. The molecule has 4 heterocycles. The van der Waals surface area contributed by atoms with Crippen LogP contribution in [0.2, 0.25) is 0 Å². The van der Waals surface area contributed by atoms with Gasteiger partial charge in [0.05, 0.1) is 62.0 Å². The number of fused-ring (bicyclic) bond motifs is 6. The Hall–Kier alpha value is -5.58. The van der Waals surface area contributed by atoms with E-state index in [-0.39, 0.29) is 66.6 Å². The molecule has 66 heavy (non-hydrogen) atoms. The lowest BCUT2D eigenvalue weighted by Crippen LogP contribution is -2.45. The Balaban J connectivity index is 0.938. The number of esters is 2. The van der Waals surface area contributed by atoms with Gasteiger partial charge in [0, 0.05) is 30.9 Å². The number of imidazole rings is 1. The third kappa shape index (κ3) is 8.40. The van der Waals surface area contributed by atoms with Crippen LogP contribution in [0.3, 0.4) is 0 Å². The smallest absolute Gasteiger partial charge is 0.306 e. The normalized spacial score (nSPS) is 24.3. The van der Waals surface area contributed by atoms with Crippen LogP contribution in [0.15, 0.2) is 65.8 Å². The first-order valence-corrected chi connectivity index (χ1v) is 24.6. The summed E-state index contributed by atoms with van der Waals surface area (Å²) in [6, 6.07) is 20.0. The number of carbonyl (C=O) groups excluding carboxylic acids is 4. The van der Waals surface area contributed by atoms with Crippen LogP contribution in [-0.2, 0) is 28.7 Å². The summed E-state index contributed by atoms with van der Waals surface area (Å²) in [4.78, 5) is 70.5. The Morgan fingerprint density at radius 3 is 1.97 bits per heavy atom. The quantitative estimate of drug-likeness (QED) is 0.125. The van der Waals surface area contributed by atoms with Crippen molar-refractivity contribution in [2.75, 3.05) is 20.8 Å². The monoisotopic (exact) mass is 894 g/mol. The molecule has 9 rings (SSSR count). The van der Waals surface area contributed by atoms with E-state index >= 15 is 0 Å². The first-order valence-electron chi connectivity index (χ1n) is 24.6. The molecular weight excluding hydrogens is 827 g/mol. The molecule has 11 nitrogen and oxygen atoms in total. The molecule has 2 amide bonds. The van der Waals surface area contributed by atoms with Crippen LogP contribution < -0.4 is 0 Å². The number of likely N-dealkylation sites (tertiary alicyclic amines) is 2. The van der Waals surface area contributed by atoms with Crippen molar-refractivity contribution in [2.24, 2.45) is 34.6 Å². The van der Waals surface area contributed by atoms with E-state index in [4.69, 9.17) is 19.5 Å². The third-order valence-electron chi connectivity index (χ3n) is 15.9. The van der Waals surface area contributed by atoms with E-state index in [1.807, 2.05) is 43.7 Å². The number of aromatic amines is 1. The first-order chi connectivity index (χ1) is 31.8. The van der Waals surface area contributed by atoms with Crippen LogP contribution in [0.25, 0.3) is 38.9 Å². The number of allylic oxidation sites excluding steroid dienone is 1. The second-order valence-electron chi connectivity index (χ2n) is 20.6. The Morgan fingerprint density at radius 2 is 1.35 bits per heavy atom. The lowest BCUT2D eigenvalue weighted by atomic mass is 9.81. The second kappa shape index (κ2) is 18.6. The highest BCUT2D eigenvalue weighted by molar-refractivity contribution is 6.03. The van der Waals surface area contributed by atoms with E-state index in [0.29, 0.717) is 30.7 Å². The lowest BCUT2D eigenvalue weighted by Gasteiger charge is -2.33. The van der Waals surface area contributed by atoms with Gasteiger partial charge in [-0.2, -0.15) is 0 Å². The molecule has 3 fully saturated rings. The second-order valence-corrected chi connectivity index (χ2v) is 20.6. The molecule has 5 aliphatic rings. The number of rotatable bonds is 14. The van der Waals surface area contributed by atoms with E-state index in [2.05, 4.69) is 73.4 Å². The number of ether oxygens (including phenoxy) is 2. The summed E-state index contributed by atoms with van der Waals surface area (Å²) in [5, 5.41) is 0. The van der Waals surface area contributed by atoms with E-state index in [9.17, 15) is 19.2 Å². The minimum atomic E-state index is -0.448. The number of H-pyrrole nitrogens is 1. The summed E-state index contributed by atoms with van der Waals surface area (Å²) >= 11 is 0. The Morgan fingerprint density at radius 1 is 0.742 bits per heavy atom. The van der Waals surface area contributed by atoms with Crippen LogP contribution >= 0.6 is 0 Å². The van der Waals surface area contributed by atoms with Gasteiger partial charge in [-0.05, 0) is 131 Å². The van der Waals surface area contributed by atoms with Gasteiger partial charge < -0.3 is 24.3 Å². The van der Waals surface area contributed by atoms with E-state index in [1.54, 1.807) is 0 Å². The largest absolute Gasteiger partial charge is 0.469 e. The van der Waals surface area contributed by atoms with Crippen LogP contribution in [0.4, 0.5) is 0 Å². The Labute approximate surface area is 389 Å². The highest BCUT2D eigenvalue weighted by atomic mass is 16.5. The van der Waals surface area contributed by atoms with E-state index in [0.717, 1.165) is 59.4 Å². The van der Waals surface area contributed by atoms with Gasteiger partial charge in [0.2, 0.25) is 11.8 Å². The Bertz CT molecular complexity index is 2590. The van der Waals surface area contributed by atoms with Crippen LogP contribution in [0, 0.1) is 29.6 Å². The number of hydrogen-bond donors (Lipinski definition) is 1. The summed E-state index contributed by atoms with van der Waals surface area (Å²) < 4.78 is 9.93. The minimum Gasteiger partial charge on any atom is -0.469 e. The lowest BCUT2D eigenvalue weighted by molar-refractivity contribution is -0.149. The predicted molar refractivity (Wildman–Crippen MR) is 258 cm³/mol. The predicted octanol–water partition coefficient (Wildman–Crippen LogP) is 10.8. The molecule has 11 heteroatoms. The highest BCUT2D eigenvalue weighted by Crippen LogP contribution is 2.58. The van der Waals surface area contributed by atoms with Crippen molar-refractivity contribution in [2.45, 2.75) is 136 Å². The van der Waals surface area contributed by atoms with Crippen molar-refractivity contribution < 1.29 is 28.7 Å². The van der Waals surface area contributed by atoms with Gasteiger partial charge in [-0.3, -0.25) is 24.2 Å². The van der Waals surface area contributed by atoms with Gasteiger partial charge in [-0.1, -0.05) is 84.0 Å². The van der Waals surface area contributed by atoms with Crippen LogP contribution in [0.5, 0.6) is 0 Å². The molecule has 4 aromatic rings. The molecule has 2 unspecified atom stereocenters. The molecular formula is C55H67N5O6. The van der Waals surface area contributed by atoms with Gasteiger partial charge in [0.1, 0.15) is 5.82 Å². The molecule has 0 radical (unpaired) electrons. The van der Waals surface area contributed by atoms with Gasteiger partial charge in [-0.15, -0.1) is 0 Å². The summed E-state index contributed by atoms with van der Waals surface area (Å²) in [6.45, 7) is 13.0. The molecule has 2 bridgehead atoms. The zero-order chi connectivity index (χ0) is 46.6. The third-order valence-corrected chi connectivity index (χ3v) is 15.9. The van der Waals surface area contributed by atoms with Crippen LogP contribution in [-0.4, -0.2) is 82.1 Å². The van der Waals surface area contributed by atoms with Crippen molar-refractivity contribution in [1.82, 2.24) is 19.8 Å². The zero-order valence-electron chi connectivity index (χ0n) is 40.1. The van der Waals surface area contributed by atoms with Crippen LogP contribution in [0.1, 0.15) is 146 Å². The number of benzene rings is 3. The van der Waals surface area contributed by atoms with Crippen molar-refractivity contribution in [3.8, 4) is 22.3 Å². The summed E-state index contributed by atoms with van der Waals surface area (Å²) in [6.07, 6.45) is 9.92. The number of nitrogens with one attached hydrogen (secondary N) is 1. The zero-order valence-corrected chi connectivity index (χ0v) is 40.1. The highest BCUT2D eigenvalue weighted by Gasteiger charge is 2.44. The van der Waals surface area contributed by atoms with Gasteiger partial charge >= 0.3 is 11.9 Å². The van der Waals surface area contributed by atoms with E-state index in [1.165, 1.54) is 66.9 Å². The number of aromatic nitrogens is 2. The fourth-order valence-electron chi connectivity index (χ4n) is 12.2. The standard InChI is InChI=1S/C55H67N5O6/c1-9-39-17-21-47(60(39)55(64)43(31(4)5)27-50(62)66-8)53-57-44-20-16-35(24-45(44)58-53)41-19-18-40(51-36-14-15-37(23-36)52(41)51)34-12-10-33(11-13-34)38-25-46(56-28-38)48-22-32(6)29-59(48)54(63)42(30(2)3)26-49(61)65-7/h10-13,16,18-20,24,28,30-32,36-37,39,42-43,47-48H,9,14-15,17,21-23,25-27,29H2,1-8H3,(H,57,58)/t32-,36?,37?,39-,42-,43-,47-,48-/m0/s1. The molecule has 1 N–H and O–H groups in total. The summed E-state index contributed by atoms with van der Waals surface area (Å²) in [7, 11) is 2.76. The number of carbonyl (C=O) groups is 4. The topological polar surface area (TPSA) is 134 Å². The molecule has 8 atom stereocenters. The number of nitrogens with zero attached hydrogens (tertiary/aromatic N) is 4. The molecule has 1 saturated carbocycles. The molecule has 1 aromatic heterocycles. The van der Waals surface area contributed by atoms with Crippen molar-refractivity contribution in [3.63, 3.8) is 0 Å². The SMILES string of the molecule is CC[C@H]1CC[C@@H](c2nc3ccc(-c4ccc(-c5ccc(C6=CN=C([C@@H]7C[C@H](C)CN7C(=O)[C@@H](CC(=O)OC)C(C)C)C6)cc5)c5c4C4CCC5C4)cc3[nH]2)N1C(=O)[C@@H](CC(=O)OC)C(C)C. The maximum absolute atomic E-state index is 14.2. The number of amides is 2. The van der Waals surface area contributed by atoms with Gasteiger partial charge in [0.15, 0.2) is 0 Å². The van der Waals surface area contributed by atoms with Crippen molar-refractivity contribution in [1.29, 1.82) is 0 Å². The summed E-state index contributed by atoms with van der Waals surface area (Å²) in [5.41, 5.74) is 13.2. The molecule has 3 aromatic carbocycles. The molecule has 2 aliphatic carbocycles. The molecule has 3 aliphatic heterocycles. The number of aliphatic imine (C=N–C) groups is 1. The first kappa shape index (κ1) is 45.6. The number of methoxy groups -OCH3 is 2. The van der Waals surface area contributed by atoms with Crippen molar-refractivity contribution in [3.05, 3.63) is 83.3 Å². The average Bonchev–Trinajstić information content (AvgIpc) is 4.19. The Kier molecular flexibility index (Phi) is 12.8. The number of hydrogen-bond acceptors (Lipinski definition) is 8. The average molecular weight is 894 g/mol. The molecule has 348 valence electrons.